The third kappa shape index (κ3) is 4.57. The number of nitrogens with one attached hydrogen (secondary N) is 2. The highest BCUT2D eigenvalue weighted by Crippen LogP contribution is 2.47. The van der Waals surface area contributed by atoms with Gasteiger partial charge in [-0.25, -0.2) is 0 Å². The maximum absolute atomic E-state index is 13.6. The van der Waals surface area contributed by atoms with Crippen LogP contribution in [0.2, 0.25) is 0 Å². The van der Waals surface area contributed by atoms with Gasteiger partial charge in [0.05, 0.1) is 24.2 Å². The van der Waals surface area contributed by atoms with Crippen LogP contribution in [0.25, 0.3) is 0 Å². The molecule has 2 N–H and O–H groups in total. The summed E-state index contributed by atoms with van der Waals surface area (Å²) in [5.74, 6) is -0.109. The van der Waals surface area contributed by atoms with Crippen molar-refractivity contribution < 1.29 is 27.4 Å². The topological polar surface area (TPSA) is 75.7 Å². The second-order valence-electron chi connectivity index (χ2n) is 10.2. The first-order valence-electron chi connectivity index (χ1n) is 12.2. The van der Waals surface area contributed by atoms with Gasteiger partial charge in [0.15, 0.2) is 0 Å². The zero-order valence-corrected chi connectivity index (χ0v) is 19.5. The van der Waals surface area contributed by atoms with Crippen molar-refractivity contribution in [3.05, 3.63) is 29.1 Å². The van der Waals surface area contributed by atoms with Crippen molar-refractivity contribution in [3.8, 4) is 0 Å². The van der Waals surface area contributed by atoms with Crippen molar-refractivity contribution in [1.29, 1.82) is 0 Å². The maximum atomic E-state index is 13.6. The number of fused-ring (bicyclic) bond motifs is 1. The van der Waals surface area contributed by atoms with Crippen molar-refractivity contribution in [2.24, 2.45) is 11.3 Å². The minimum absolute atomic E-state index is 0.0352. The second-order valence-corrected chi connectivity index (χ2v) is 10.2. The molecule has 7 nitrogen and oxygen atoms in total. The van der Waals surface area contributed by atoms with Gasteiger partial charge in [0.1, 0.15) is 0 Å². The van der Waals surface area contributed by atoms with Gasteiger partial charge in [-0.1, -0.05) is 0 Å². The van der Waals surface area contributed by atoms with Crippen molar-refractivity contribution in [2.75, 3.05) is 40.0 Å². The summed E-state index contributed by atoms with van der Waals surface area (Å²) in [6.45, 7) is 3.42. The number of pyridine rings is 1. The fourth-order valence-electron chi connectivity index (χ4n) is 6.36. The van der Waals surface area contributed by atoms with Crippen LogP contribution in [0.3, 0.4) is 0 Å². The Bertz CT molecular complexity index is 914. The number of ether oxygens (including phenoxy) is 2. The summed E-state index contributed by atoms with van der Waals surface area (Å²) >= 11 is 0. The zero-order chi connectivity index (χ0) is 23.9. The molecule has 34 heavy (non-hydrogen) atoms. The van der Waals surface area contributed by atoms with E-state index >= 15 is 0 Å². The number of alkyl halides is 3. The summed E-state index contributed by atoms with van der Waals surface area (Å²) in [6, 6.07) is 1.72. The van der Waals surface area contributed by atoms with E-state index in [-0.39, 0.29) is 35.9 Å². The molecule has 1 aromatic rings. The molecule has 4 heterocycles. The molecule has 4 aliphatic rings. The van der Waals surface area contributed by atoms with E-state index in [9.17, 15) is 18.0 Å². The lowest BCUT2D eigenvalue weighted by Crippen LogP contribution is -2.51. The van der Waals surface area contributed by atoms with E-state index < -0.39 is 11.7 Å². The van der Waals surface area contributed by atoms with Crippen molar-refractivity contribution >= 4 is 5.91 Å². The Morgan fingerprint density at radius 3 is 3.03 bits per heavy atom. The van der Waals surface area contributed by atoms with Crippen LogP contribution in [0.5, 0.6) is 0 Å². The van der Waals surface area contributed by atoms with Gasteiger partial charge in [0.2, 0.25) is 5.91 Å². The van der Waals surface area contributed by atoms with Crippen LogP contribution >= 0.6 is 0 Å². The van der Waals surface area contributed by atoms with Crippen LogP contribution in [-0.2, 0) is 33.4 Å². The van der Waals surface area contributed by atoms with E-state index in [1.54, 1.807) is 12.0 Å². The molecule has 3 aliphatic heterocycles. The molecule has 1 spiro atoms. The highest BCUT2D eigenvalue weighted by atomic mass is 19.4. The molecule has 0 bridgehead atoms. The van der Waals surface area contributed by atoms with E-state index in [0.29, 0.717) is 43.4 Å². The van der Waals surface area contributed by atoms with Gasteiger partial charge in [0, 0.05) is 70.3 Å². The average Bonchev–Trinajstić information content (AvgIpc) is 3.43. The largest absolute Gasteiger partial charge is 0.417 e. The van der Waals surface area contributed by atoms with Gasteiger partial charge < -0.3 is 25.0 Å². The van der Waals surface area contributed by atoms with Gasteiger partial charge in [-0.15, -0.1) is 0 Å². The Kier molecular flexibility index (Phi) is 6.60. The number of carbonyl (C=O) groups excluding carboxylic acids is 1. The average molecular weight is 483 g/mol. The lowest BCUT2D eigenvalue weighted by molar-refractivity contribution is -0.139. The summed E-state index contributed by atoms with van der Waals surface area (Å²) in [6.07, 6.45) is 0.751. The van der Waals surface area contributed by atoms with Gasteiger partial charge >= 0.3 is 6.18 Å². The Labute approximate surface area is 197 Å². The predicted octanol–water partition coefficient (Wildman–Crippen LogP) is 2.14. The minimum Gasteiger partial charge on any atom is -0.379 e. The fraction of sp³-hybridized carbons (Fsp3) is 0.750. The zero-order valence-electron chi connectivity index (χ0n) is 19.5. The van der Waals surface area contributed by atoms with Gasteiger partial charge in [0.25, 0.3) is 0 Å². The monoisotopic (exact) mass is 482 g/mol. The van der Waals surface area contributed by atoms with E-state index in [1.165, 1.54) is 0 Å². The normalized spacial score (nSPS) is 33.9. The number of rotatable bonds is 4. The third-order valence-corrected chi connectivity index (χ3v) is 8.24. The lowest BCUT2D eigenvalue weighted by Gasteiger charge is -2.37. The van der Waals surface area contributed by atoms with Crippen molar-refractivity contribution in [3.63, 3.8) is 0 Å². The molecule has 2 saturated heterocycles. The second kappa shape index (κ2) is 9.37. The molecule has 3 fully saturated rings. The van der Waals surface area contributed by atoms with E-state index in [0.717, 1.165) is 51.1 Å². The molecule has 1 saturated carbocycles. The quantitative estimate of drug-likeness (QED) is 0.685. The smallest absolute Gasteiger partial charge is 0.379 e. The summed E-state index contributed by atoms with van der Waals surface area (Å²) in [4.78, 5) is 19.4. The van der Waals surface area contributed by atoms with Crippen molar-refractivity contribution in [2.45, 2.75) is 63.0 Å². The predicted molar refractivity (Wildman–Crippen MR) is 118 cm³/mol. The van der Waals surface area contributed by atoms with Crippen LogP contribution in [-0.4, -0.2) is 73.9 Å². The molecule has 1 aliphatic carbocycles. The molecule has 10 heteroatoms. The first kappa shape index (κ1) is 24.0. The lowest BCUT2D eigenvalue weighted by atomic mass is 9.75. The first-order valence-corrected chi connectivity index (χ1v) is 12.2. The van der Waals surface area contributed by atoms with E-state index in [1.807, 2.05) is 0 Å². The van der Waals surface area contributed by atoms with Crippen LogP contribution in [0.15, 0.2) is 12.3 Å². The number of nitrogens with zero attached hydrogens (tertiary/aromatic N) is 2. The molecule has 5 atom stereocenters. The molecule has 188 valence electrons. The molecule has 5 rings (SSSR count). The summed E-state index contributed by atoms with van der Waals surface area (Å²) in [7, 11) is 1.71. The minimum atomic E-state index is -4.44. The number of amides is 1. The van der Waals surface area contributed by atoms with E-state index in [2.05, 4.69) is 15.6 Å². The number of hydrogen-bond donors (Lipinski definition) is 2. The molecular formula is C24H33F3N4O3. The van der Waals surface area contributed by atoms with Gasteiger partial charge in [-0.2, -0.15) is 13.2 Å². The van der Waals surface area contributed by atoms with Crippen LogP contribution in [0.1, 0.15) is 42.5 Å². The molecule has 5 unspecified atom stereocenters. The maximum Gasteiger partial charge on any atom is 0.417 e. The number of carbonyl (C=O) groups is 1. The fourth-order valence-corrected chi connectivity index (χ4v) is 6.36. The van der Waals surface area contributed by atoms with Crippen LogP contribution in [0, 0.1) is 11.3 Å². The Morgan fingerprint density at radius 2 is 2.24 bits per heavy atom. The SMILES string of the molecule is COC1COCCC1NC1CCC2(CNCC2C(=O)N2CCc3ncc(C(F)(F)F)cc3C2)C1. The molecular weight excluding hydrogens is 449 g/mol. The highest BCUT2D eigenvalue weighted by molar-refractivity contribution is 5.81. The van der Waals surface area contributed by atoms with E-state index in [4.69, 9.17) is 9.47 Å². The number of aromatic nitrogens is 1. The first-order chi connectivity index (χ1) is 16.3. The molecule has 1 aromatic heterocycles. The third-order valence-electron chi connectivity index (χ3n) is 8.24. The summed E-state index contributed by atoms with van der Waals surface area (Å²) in [5.41, 5.74) is 0.289. The Morgan fingerprint density at radius 1 is 1.38 bits per heavy atom. The molecule has 1 amide bonds. The highest BCUT2D eigenvalue weighted by Gasteiger charge is 2.52. The molecule has 0 aromatic carbocycles. The standard InChI is InChI=1S/C24H33F3N4O3/c1-33-21-13-34-7-4-20(21)30-17-2-5-23(9-17)14-28-11-18(23)22(32)31-6-3-19-15(12-31)8-16(10-29-19)24(25,26)27/h8,10,17-18,20-21,28,30H,2-7,9,11-14H2,1H3. The Hall–Kier alpha value is -1.75. The van der Waals surface area contributed by atoms with Crippen LogP contribution in [0.4, 0.5) is 13.2 Å². The van der Waals surface area contributed by atoms with Gasteiger partial charge in [-0.3, -0.25) is 9.78 Å². The number of halogens is 3. The van der Waals surface area contributed by atoms with Crippen LogP contribution < -0.4 is 10.6 Å². The number of methoxy groups -OCH3 is 1. The number of hydrogen-bond acceptors (Lipinski definition) is 6. The summed E-state index contributed by atoms with van der Waals surface area (Å²) in [5, 5.41) is 7.21. The van der Waals surface area contributed by atoms with Gasteiger partial charge in [-0.05, 0) is 42.7 Å². The summed E-state index contributed by atoms with van der Waals surface area (Å²) < 4.78 is 50.6. The van der Waals surface area contributed by atoms with Crippen molar-refractivity contribution in [1.82, 2.24) is 20.5 Å². The molecule has 0 radical (unpaired) electrons. The Balaban J connectivity index is 1.26.